The number of esters is 2. The van der Waals surface area contributed by atoms with Gasteiger partial charge in [-0.15, -0.1) is 0 Å². The van der Waals surface area contributed by atoms with E-state index in [9.17, 15) is 14.7 Å². The van der Waals surface area contributed by atoms with Gasteiger partial charge in [-0.05, 0) is 6.92 Å². The van der Waals surface area contributed by atoms with Gasteiger partial charge in [0.1, 0.15) is 6.61 Å². The first-order chi connectivity index (χ1) is 8.49. The SMILES string of the molecule is CCCC(O)OC(=O)/C=C\C(=O)OCC(C)OC. The van der Waals surface area contributed by atoms with Gasteiger partial charge in [-0.1, -0.05) is 13.3 Å². The molecular formula is C12H20O6. The molecule has 0 spiro atoms. The second-order valence-electron chi connectivity index (χ2n) is 3.69. The van der Waals surface area contributed by atoms with E-state index in [4.69, 9.17) is 9.47 Å². The Morgan fingerprint density at radius 3 is 2.44 bits per heavy atom. The van der Waals surface area contributed by atoms with Crippen LogP contribution >= 0.6 is 0 Å². The molecule has 0 bridgehead atoms. The van der Waals surface area contributed by atoms with Gasteiger partial charge in [-0.3, -0.25) is 0 Å². The second kappa shape index (κ2) is 9.61. The van der Waals surface area contributed by atoms with Gasteiger partial charge in [0.05, 0.1) is 6.10 Å². The minimum absolute atomic E-state index is 0.104. The van der Waals surface area contributed by atoms with Crippen molar-refractivity contribution in [3.05, 3.63) is 12.2 Å². The molecule has 1 N–H and O–H groups in total. The maximum atomic E-state index is 11.1. The Kier molecular flexibility index (Phi) is 8.86. The minimum Gasteiger partial charge on any atom is -0.460 e. The summed E-state index contributed by atoms with van der Waals surface area (Å²) in [6.45, 7) is 3.70. The van der Waals surface area contributed by atoms with Gasteiger partial charge in [0, 0.05) is 25.7 Å². The number of carbonyl (C=O) groups excluding carboxylic acids is 2. The van der Waals surface area contributed by atoms with Crippen LogP contribution in [0.4, 0.5) is 0 Å². The van der Waals surface area contributed by atoms with Crippen LogP contribution in [-0.4, -0.2) is 43.2 Å². The lowest BCUT2D eigenvalue weighted by molar-refractivity contribution is -0.162. The Morgan fingerprint density at radius 2 is 1.89 bits per heavy atom. The Balaban J connectivity index is 3.91. The molecule has 0 aliphatic rings. The maximum Gasteiger partial charge on any atom is 0.333 e. The molecule has 0 rings (SSSR count). The fourth-order valence-corrected chi connectivity index (χ4v) is 0.931. The smallest absolute Gasteiger partial charge is 0.333 e. The van der Waals surface area contributed by atoms with E-state index in [0.717, 1.165) is 12.2 Å². The molecule has 6 heteroatoms. The third-order valence-corrected chi connectivity index (χ3v) is 2.01. The van der Waals surface area contributed by atoms with Gasteiger partial charge in [0.2, 0.25) is 6.29 Å². The summed E-state index contributed by atoms with van der Waals surface area (Å²) in [4.78, 5) is 22.3. The van der Waals surface area contributed by atoms with Crippen LogP contribution < -0.4 is 0 Å². The van der Waals surface area contributed by atoms with E-state index in [1.54, 1.807) is 6.92 Å². The summed E-state index contributed by atoms with van der Waals surface area (Å²) >= 11 is 0. The molecule has 6 nitrogen and oxygen atoms in total. The van der Waals surface area contributed by atoms with Gasteiger partial charge in [-0.2, -0.15) is 0 Å². The first-order valence-electron chi connectivity index (χ1n) is 5.75. The average molecular weight is 260 g/mol. The van der Waals surface area contributed by atoms with Crippen molar-refractivity contribution in [3.63, 3.8) is 0 Å². The van der Waals surface area contributed by atoms with Crippen molar-refractivity contribution < 1.29 is 28.9 Å². The van der Waals surface area contributed by atoms with Crippen molar-refractivity contribution in [1.82, 2.24) is 0 Å². The summed E-state index contributed by atoms with van der Waals surface area (Å²) < 4.78 is 14.2. The van der Waals surface area contributed by atoms with Crippen molar-refractivity contribution >= 4 is 11.9 Å². The van der Waals surface area contributed by atoms with E-state index in [1.807, 2.05) is 6.92 Å². The molecule has 0 aliphatic heterocycles. The maximum absolute atomic E-state index is 11.1. The topological polar surface area (TPSA) is 82.1 Å². The van der Waals surface area contributed by atoms with Crippen LogP contribution in [0.15, 0.2) is 12.2 Å². The standard InChI is InChI=1S/C12H20O6/c1-4-5-11(14)18-12(15)7-6-10(13)17-8-9(2)16-3/h6-7,9,11,14H,4-5,8H2,1-3H3/b7-6-. The predicted molar refractivity (Wildman–Crippen MR) is 63.6 cm³/mol. The zero-order valence-corrected chi connectivity index (χ0v) is 10.9. The molecule has 0 aromatic heterocycles. The van der Waals surface area contributed by atoms with E-state index in [1.165, 1.54) is 7.11 Å². The summed E-state index contributed by atoms with van der Waals surface area (Å²) in [5, 5.41) is 9.18. The highest BCUT2D eigenvalue weighted by molar-refractivity contribution is 5.91. The molecule has 0 radical (unpaired) electrons. The second-order valence-corrected chi connectivity index (χ2v) is 3.69. The summed E-state index contributed by atoms with van der Waals surface area (Å²) in [6.07, 6.45) is 1.56. The molecule has 0 amide bonds. The Labute approximate surface area is 107 Å². The van der Waals surface area contributed by atoms with Crippen molar-refractivity contribution in [3.8, 4) is 0 Å². The molecular weight excluding hydrogens is 240 g/mol. The number of aliphatic hydroxyl groups is 1. The number of rotatable bonds is 8. The average Bonchev–Trinajstić information content (AvgIpc) is 2.33. The molecule has 0 aromatic rings. The normalized spacial score (nSPS) is 14.2. The van der Waals surface area contributed by atoms with Gasteiger partial charge in [0.25, 0.3) is 0 Å². The molecule has 104 valence electrons. The fraction of sp³-hybridized carbons (Fsp3) is 0.667. The third-order valence-electron chi connectivity index (χ3n) is 2.01. The number of methoxy groups -OCH3 is 1. The first kappa shape index (κ1) is 16.6. The number of hydrogen-bond acceptors (Lipinski definition) is 6. The van der Waals surface area contributed by atoms with Gasteiger partial charge >= 0.3 is 11.9 Å². The molecule has 0 aliphatic carbocycles. The minimum atomic E-state index is -1.14. The Hall–Kier alpha value is -1.40. The molecule has 0 aromatic carbocycles. The molecule has 0 heterocycles. The molecule has 0 saturated heterocycles. The molecule has 2 atom stereocenters. The van der Waals surface area contributed by atoms with Crippen molar-refractivity contribution in [2.24, 2.45) is 0 Å². The van der Waals surface area contributed by atoms with Crippen LogP contribution in [0.25, 0.3) is 0 Å². The van der Waals surface area contributed by atoms with E-state index >= 15 is 0 Å². The van der Waals surface area contributed by atoms with Crippen LogP contribution in [0.1, 0.15) is 26.7 Å². The lowest BCUT2D eigenvalue weighted by Gasteiger charge is -2.09. The highest BCUT2D eigenvalue weighted by Crippen LogP contribution is 1.99. The molecule has 18 heavy (non-hydrogen) atoms. The van der Waals surface area contributed by atoms with E-state index in [2.05, 4.69) is 4.74 Å². The number of carbonyl (C=O) groups is 2. The number of hydrogen-bond donors (Lipinski definition) is 1. The van der Waals surface area contributed by atoms with Crippen molar-refractivity contribution in [2.45, 2.75) is 39.1 Å². The van der Waals surface area contributed by atoms with Crippen LogP contribution in [-0.2, 0) is 23.8 Å². The third kappa shape index (κ3) is 8.72. The van der Waals surface area contributed by atoms with Crippen molar-refractivity contribution in [1.29, 1.82) is 0 Å². The lowest BCUT2D eigenvalue weighted by Crippen LogP contribution is -2.17. The van der Waals surface area contributed by atoms with Crippen LogP contribution in [0.3, 0.4) is 0 Å². The van der Waals surface area contributed by atoms with Crippen LogP contribution in [0, 0.1) is 0 Å². The lowest BCUT2D eigenvalue weighted by atomic mass is 10.3. The van der Waals surface area contributed by atoms with Gasteiger partial charge in [0.15, 0.2) is 0 Å². The van der Waals surface area contributed by atoms with E-state index in [0.29, 0.717) is 12.8 Å². The molecule has 0 saturated carbocycles. The highest BCUT2D eigenvalue weighted by atomic mass is 16.6. The van der Waals surface area contributed by atoms with E-state index < -0.39 is 18.2 Å². The predicted octanol–water partition coefficient (Wildman–Crippen LogP) is 0.782. The molecule has 0 fully saturated rings. The monoisotopic (exact) mass is 260 g/mol. The quantitative estimate of drug-likeness (QED) is 0.394. The Morgan fingerprint density at radius 1 is 1.28 bits per heavy atom. The van der Waals surface area contributed by atoms with Crippen LogP contribution in [0.5, 0.6) is 0 Å². The fourth-order valence-electron chi connectivity index (χ4n) is 0.931. The van der Waals surface area contributed by atoms with E-state index in [-0.39, 0.29) is 12.7 Å². The zero-order chi connectivity index (χ0) is 14.0. The molecule has 2 unspecified atom stereocenters. The largest absolute Gasteiger partial charge is 0.460 e. The summed E-state index contributed by atoms with van der Waals surface area (Å²) in [7, 11) is 1.50. The highest BCUT2D eigenvalue weighted by Gasteiger charge is 2.08. The number of ether oxygens (including phenoxy) is 3. The first-order valence-corrected chi connectivity index (χ1v) is 5.75. The van der Waals surface area contributed by atoms with Gasteiger partial charge < -0.3 is 19.3 Å². The summed E-state index contributed by atoms with van der Waals surface area (Å²) in [5.74, 6) is -1.45. The number of aliphatic hydroxyl groups excluding tert-OH is 1. The van der Waals surface area contributed by atoms with Crippen LogP contribution in [0.2, 0.25) is 0 Å². The summed E-state index contributed by atoms with van der Waals surface area (Å²) in [5.41, 5.74) is 0. The zero-order valence-electron chi connectivity index (χ0n) is 10.9. The summed E-state index contributed by atoms with van der Waals surface area (Å²) in [6, 6.07) is 0. The van der Waals surface area contributed by atoms with Crippen molar-refractivity contribution in [2.75, 3.05) is 13.7 Å². The Bertz CT molecular complexity index is 286. The van der Waals surface area contributed by atoms with Gasteiger partial charge in [-0.25, -0.2) is 9.59 Å².